The molecule has 3 aromatic rings. The molecule has 1 aromatic carbocycles. The first-order valence-electron chi connectivity index (χ1n) is 7.45. The predicted molar refractivity (Wildman–Crippen MR) is 82.3 cm³/mol. The maximum Gasteiger partial charge on any atom is 0.200 e. The van der Waals surface area contributed by atoms with Gasteiger partial charge in [-0.05, 0) is 34.5 Å². The molecule has 0 saturated carbocycles. The van der Waals surface area contributed by atoms with Crippen LogP contribution in [-0.4, -0.2) is 49.3 Å². The molecular weight excluding hydrogens is 278 g/mol. The topological polar surface area (TPSA) is 71.2 Å². The summed E-state index contributed by atoms with van der Waals surface area (Å²) in [7, 11) is 0. The van der Waals surface area contributed by atoms with Crippen molar-refractivity contribution in [2.45, 2.75) is 19.0 Å². The molecule has 1 fully saturated rings. The SMILES string of the molecule is c1ccc(CN2CC[C@H](Nc3ccc4nnnn4n3)C2)cc1. The summed E-state index contributed by atoms with van der Waals surface area (Å²) in [6.07, 6.45) is 1.11. The molecule has 0 spiro atoms. The first-order valence-corrected chi connectivity index (χ1v) is 7.45. The Morgan fingerprint density at radius 3 is 2.95 bits per heavy atom. The van der Waals surface area contributed by atoms with Crippen LogP contribution in [0.1, 0.15) is 12.0 Å². The number of hydrogen-bond donors (Lipinski definition) is 1. The van der Waals surface area contributed by atoms with Crippen molar-refractivity contribution in [1.82, 2.24) is 30.2 Å². The highest BCUT2D eigenvalue weighted by Gasteiger charge is 2.22. The van der Waals surface area contributed by atoms with Gasteiger partial charge in [-0.1, -0.05) is 30.3 Å². The summed E-state index contributed by atoms with van der Waals surface area (Å²) in [5.74, 6) is 0.811. The van der Waals surface area contributed by atoms with Crippen molar-refractivity contribution in [3.8, 4) is 0 Å². The van der Waals surface area contributed by atoms with Crippen LogP contribution in [0.5, 0.6) is 0 Å². The summed E-state index contributed by atoms with van der Waals surface area (Å²) in [5.41, 5.74) is 2.01. The van der Waals surface area contributed by atoms with Crippen molar-refractivity contribution in [2.24, 2.45) is 0 Å². The number of benzene rings is 1. The predicted octanol–water partition coefficient (Wildman–Crippen LogP) is 1.21. The van der Waals surface area contributed by atoms with Gasteiger partial charge < -0.3 is 5.32 Å². The Morgan fingerprint density at radius 1 is 1.14 bits per heavy atom. The Balaban J connectivity index is 1.38. The Kier molecular flexibility index (Phi) is 3.40. The van der Waals surface area contributed by atoms with Crippen LogP contribution in [-0.2, 0) is 6.54 Å². The van der Waals surface area contributed by atoms with E-state index in [1.807, 2.05) is 12.1 Å². The van der Waals surface area contributed by atoms with Gasteiger partial charge in [-0.15, -0.1) is 14.8 Å². The average molecular weight is 295 g/mol. The molecule has 1 atom stereocenters. The summed E-state index contributed by atoms with van der Waals surface area (Å²) in [6.45, 7) is 3.11. The number of tetrazole rings is 1. The molecule has 0 bridgehead atoms. The highest BCUT2D eigenvalue weighted by molar-refractivity contribution is 5.42. The lowest BCUT2D eigenvalue weighted by atomic mass is 10.2. The number of likely N-dealkylation sites (tertiary alicyclic amines) is 1. The third-order valence-corrected chi connectivity index (χ3v) is 3.94. The van der Waals surface area contributed by atoms with Gasteiger partial charge >= 0.3 is 0 Å². The number of nitrogens with zero attached hydrogens (tertiary/aromatic N) is 6. The van der Waals surface area contributed by atoms with Crippen LogP contribution in [0.25, 0.3) is 5.65 Å². The monoisotopic (exact) mass is 295 g/mol. The summed E-state index contributed by atoms with van der Waals surface area (Å²) in [5, 5.41) is 19.1. The van der Waals surface area contributed by atoms with E-state index in [0.717, 1.165) is 31.9 Å². The smallest absolute Gasteiger partial charge is 0.200 e. The van der Waals surface area contributed by atoms with E-state index >= 15 is 0 Å². The van der Waals surface area contributed by atoms with Crippen LogP contribution in [0.15, 0.2) is 42.5 Å². The van der Waals surface area contributed by atoms with Gasteiger partial charge in [0.25, 0.3) is 0 Å². The van der Waals surface area contributed by atoms with Crippen molar-refractivity contribution >= 4 is 11.5 Å². The van der Waals surface area contributed by atoms with Gasteiger partial charge in [0.15, 0.2) is 5.65 Å². The number of anilines is 1. The summed E-state index contributed by atoms with van der Waals surface area (Å²) in [4.78, 5) is 2.46. The molecule has 1 aliphatic heterocycles. The zero-order valence-corrected chi connectivity index (χ0v) is 12.1. The lowest BCUT2D eigenvalue weighted by Gasteiger charge is -2.17. The number of nitrogens with one attached hydrogen (secondary N) is 1. The minimum absolute atomic E-state index is 0.408. The van der Waals surface area contributed by atoms with E-state index in [9.17, 15) is 0 Å². The summed E-state index contributed by atoms with van der Waals surface area (Å²) in [6, 6.07) is 14.8. The Bertz CT molecular complexity index is 755. The molecule has 3 heterocycles. The van der Waals surface area contributed by atoms with E-state index in [0.29, 0.717) is 11.7 Å². The molecule has 7 heteroatoms. The maximum absolute atomic E-state index is 4.36. The first-order chi connectivity index (χ1) is 10.9. The fourth-order valence-corrected chi connectivity index (χ4v) is 2.87. The van der Waals surface area contributed by atoms with E-state index < -0.39 is 0 Å². The molecule has 0 radical (unpaired) electrons. The van der Waals surface area contributed by atoms with E-state index in [1.165, 1.54) is 10.2 Å². The van der Waals surface area contributed by atoms with Gasteiger partial charge in [-0.2, -0.15) is 0 Å². The number of hydrogen-bond acceptors (Lipinski definition) is 6. The largest absolute Gasteiger partial charge is 0.365 e. The number of rotatable bonds is 4. The molecule has 4 rings (SSSR count). The van der Waals surface area contributed by atoms with Gasteiger partial charge in [0.05, 0.1) is 0 Å². The Hall–Kier alpha value is -2.54. The van der Waals surface area contributed by atoms with Crippen LogP contribution in [0.3, 0.4) is 0 Å². The van der Waals surface area contributed by atoms with Gasteiger partial charge in [-0.25, -0.2) is 0 Å². The fourth-order valence-electron chi connectivity index (χ4n) is 2.87. The van der Waals surface area contributed by atoms with E-state index in [4.69, 9.17) is 0 Å². The lowest BCUT2D eigenvalue weighted by Crippen LogP contribution is -2.26. The van der Waals surface area contributed by atoms with Crippen molar-refractivity contribution < 1.29 is 0 Å². The fraction of sp³-hybridized carbons (Fsp3) is 0.333. The second kappa shape index (κ2) is 5.69. The third kappa shape index (κ3) is 2.75. The Labute approximate surface area is 127 Å². The van der Waals surface area contributed by atoms with Crippen molar-refractivity contribution in [3.05, 3.63) is 48.0 Å². The molecule has 0 amide bonds. The zero-order chi connectivity index (χ0) is 14.8. The van der Waals surface area contributed by atoms with Crippen LogP contribution >= 0.6 is 0 Å². The van der Waals surface area contributed by atoms with Crippen LogP contribution in [0.4, 0.5) is 5.82 Å². The minimum Gasteiger partial charge on any atom is -0.365 e. The molecule has 0 aliphatic carbocycles. The number of fused-ring (bicyclic) bond motifs is 1. The van der Waals surface area contributed by atoms with Gasteiger partial charge in [-0.3, -0.25) is 4.90 Å². The van der Waals surface area contributed by atoms with Gasteiger partial charge in [0, 0.05) is 25.7 Å². The maximum atomic E-state index is 4.36. The first kappa shape index (κ1) is 13.1. The van der Waals surface area contributed by atoms with Crippen molar-refractivity contribution in [3.63, 3.8) is 0 Å². The van der Waals surface area contributed by atoms with Crippen LogP contribution < -0.4 is 5.32 Å². The van der Waals surface area contributed by atoms with Gasteiger partial charge in [0.1, 0.15) is 5.82 Å². The van der Waals surface area contributed by atoms with Crippen molar-refractivity contribution in [2.75, 3.05) is 18.4 Å². The van der Waals surface area contributed by atoms with Crippen LogP contribution in [0, 0.1) is 0 Å². The molecule has 1 saturated heterocycles. The lowest BCUT2D eigenvalue weighted by molar-refractivity contribution is 0.328. The zero-order valence-electron chi connectivity index (χ0n) is 12.1. The molecule has 1 N–H and O–H groups in total. The van der Waals surface area contributed by atoms with E-state index in [1.54, 1.807) is 0 Å². The molecule has 112 valence electrons. The second-order valence-electron chi connectivity index (χ2n) is 5.60. The third-order valence-electron chi connectivity index (χ3n) is 3.94. The standard InChI is InChI=1S/C15H17N7/c1-2-4-12(5-3-1)10-21-9-8-13(11-21)16-14-6-7-15-17-19-20-22(15)18-14/h1-7,13H,8-11H2,(H,16,18)/t13-/m0/s1. The average Bonchev–Trinajstić information content (AvgIpc) is 3.17. The number of aromatic nitrogens is 5. The van der Waals surface area contributed by atoms with Crippen molar-refractivity contribution in [1.29, 1.82) is 0 Å². The second-order valence-corrected chi connectivity index (χ2v) is 5.60. The molecule has 22 heavy (non-hydrogen) atoms. The van der Waals surface area contributed by atoms with Gasteiger partial charge in [0.2, 0.25) is 0 Å². The highest BCUT2D eigenvalue weighted by atomic mass is 15.6. The molecule has 7 nitrogen and oxygen atoms in total. The molecular formula is C15H17N7. The summed E-state index contributed by atoms with van der Waals surface area (Å²) >= 11 is 0. The van der Waals surface area contributed by atoms with E-state index in [2.05, 4.69) is 61.2 Å². The molecule has 2 aromatic heterocycles. The normalized spacial score (nSPS) is 18.8. The molecule has 1 aliphatic rings. The van der Waals surface area contributed by atoms with Crippen LogP contribution in [0.2, 0.25) is 0 Å². The highest BCUT2D eigenvalue weighted by Crippen LogP contribution is 2.16. The van der Waals surface area contributed by atoms with E-state index in [-0.39, 0.29) is 0 Å². The minimum atomic E-state index is 0.408. The summed E-state index contributed by atoms with van der Waals surface area (Å²) < 4.78 is 1.44. The molecule has 0 unspecified atom stereocenters. The quantitative estimate of drug-likeness (QED) is 0.780. The Morgan fingerprint density at radius 2 is 2.05 bits per heavy atom.